The van der Waals surface area contributed by atoms with Crippen LogP contribution in [0.25, 0.3) is 22.0 Å². The molecule has 3 aromatic carbocycles. The molecule has 168 valence electrons. The molecule has 6 heteroatoms. The summed E-state index contributed by atoms with van der Waals surface area (Å²) in [5.41, 5.74) is 3.33. The van der Waals surface area contributed by atoms with Crippen molar-refractivity contribution in [3.63, 3.8) is 0 Å². The SMILES string of the molecule is CC(C)Cn1c(SC(C)C(=O)Nc2ccccc2-c2ccccc2)nc2ccccc2c1=O. The zero-order valence-corrected chi connectivity index (χ0v) is 19.8. The van der Waals surface area contributed by atoms with Crippen LogP contribution in [0.15, 0.2) is 88.8 Å². The number of thioether (sulfide) groups is 1. The van der Waals surface area contributed by atoms with E-state index in [-0.39, 0.29) is 17.4 Å². The van der Waals surface area contributed by atoms with Gasteiger partial charge in [0.15, 0.2) is 5.16 Å². The summed E-state index contributed by atoms with van der Waals surface area (Å²) in [6.45, 7) is 6.51. The third-order valence-electron chi connectivity index (χ3n) is 5.30. The van der Waals surface area contributed by atoms with Gasteiger partial charge in [0.1, 0.15) is 0 Å². The molecule has 0 bridgehead atoms. The predicted octanol–water partition coefficient (Wildman–Crippen LogP) is 5.84. The molecule has 0 spiro atoms. The lowest BCUT2D eigenvalue weighted by molar-refractivity contribution is -0.115. The van der Waals surface area contributed by atoms with E-state index in [0.29, 0.717) is 22.6 Å². The summed E-state index contributed by atoms with van der Waals surface area (Å²) in [6.07, 6.45) is 0. The third kappa shape index (κ3) is 5.17. The number of nitrogens with zero attached hydrogens (tertiary/aromatic N) is 2. The van der Waals surface area contributed by atoms with Gasteiger partial charge in [-0.25, -0.2) is 4.98 Å². The Morgan fingerprint density at radius 2 is 1.61 bits per heavy atom. The number of nitrogens with one attached hydrogen (secondary N) is 1. The van der Waals surface area contributed by atoms with Gasteiger partial charge in [-0.2, -0.15) is 0 Å². The Morgan fingerprint density at radius 3 is 2.36 bits per heavy atom. The third-order valence-corrected chi connectivity index (χ3v) is 6.39. The van der Waals surface area contributed by atoms with E-state index in [1.54, 1.807) is 10.6 Å². The lowest BCUT2D eigenvalue weighted by Gasteiger charge is -2.18. The zero-order chi connectivity index (χ0) is 23.4. The van der Waals surface area contributed by atoms with E-state index in [1.165, 1.54) is 11.8 Å². The number of benzene rings is 3. The quantitative estimate of drug-likeness (QED) is 0.280. The van der Waals surface area contributed by atoms with Crippen molar-refractivity contribution in [2.45, 2.75) is 37.7 Å². The Balaban J connectivity index is 1.61. The van der Waals surface area contributed by atoms with Crippen molar-refractivity contribution < 1.29 is 4.79 Å². The van der Waals surface area contributed by atoms with Crippen LogP contribution >= 0.6 is 11.8 Å². The van der Waals surface area contributed by atoms with Crippen LogP contribution in [0.5, 0.6) is 0 Å². The molecule has 0 aliphatic carbocycles. The number of anilines is 1. The van der Waals surface area contributed by atoms with Crippen molar-refractivity contribution in [3.05, 3.63) is 89.2 Å². The van der Waals surface area contributed by atoms with Gasteiger partial charge in [-0.1, -0.05) is 86.3 Å². The molecule has 0 saturated carbocycles. The van der Waals surface area contributed by atoms with E-state index < -0.39 is 5.25 Å². The van der Waals surface area contributed by atoms with Crippen LogP contribution in [0.4, 0.5) is 5.69 Å². The van der Waals surface area contributed by atoms with Gasteiger partial charge in [0, 0.05) is 17.8 Å². The van der Waals surface area contributed by atoms with Gasteiger partial charge in [0.2, 0.25) is 5.91 Å². The second-order valence-electron chi connectivity index (χ2n) is 8.38. The molecule has 1 unspecified atom stereocenters. The predicted molar refractivity (Wildman–Crippen MR) is 137 cm³/mol. The standard InChI is InChI=1S/C27H27N3O2S/c1-18(2)17-30-26(32)22-14-8-10-16-24(22)29-27(30)33-19(3)25(31)28-23-15-9-7-13-21(23)20-11-5-4-6-12-20/h4-16,18-19H,17H2,1-3H3,(H,28,31). The molecule has 0 radical (unpaired) electrons. The van der Waals surface area contributed by atoms with E-state index in [4.69, 9.17) is 4.98 Å². The summed E-state index contributed by atoms with van der Waals surface area (Å²) in [7, 11) is 0. The Hall–Kier alpha value is -3.38. The lowest BCUT2D eigenvalue weighted by Crippen LogP contribution is -2.28. The smallest absolute Gasteiger partial charge is 0.262 e. The Bertz CT molecular complexity index is 1330. The van der Waals surface area contributed by atoms with Gasteiger partial charge in [0.05, 0.1) is 16.2 Å². The van der Waals surface area contributed by atoms with E-state index in [0.717, 1.165) is 16.8 Å². The summed E-state index contributed by atoms with van der Waals surface area (Å²) in [4.78, 5) is 31.0. The maximum atomic E-state index is 13.1. The number of amides is 1. The molecule has 1 aromatic heterocycles. The highest BCUT2D eigenvalue weighted by Crippen LogP contribution is 2.29. The minimum atomic E-state index is -0.444. The Kier molecular flexibility index (Phi) is 6.94. The minimum Gasteiger partial charge on any atom is -0.325 e. The molecular formula is C27H27N3O2S. The number of hydrogen-bond acceptors (Lipinski definition) is 4. The Morgan fingerprint density at radius 1 is 0.939 bits per heavy atom. The summed E-state index contributed by atoms with van der Waals surface area (Å²) in [5, 5.41) is 3.78. The molecule has 33 heavy (non-hydrogen) atoms. The van der Waals surface area contributed by atoms with Gasteiger partial charge in [0.25, 0.3) is 5.56 Å². The van der Waals surface area contributed by atoms with E-state index in [9.17, 15) is 9.59 Å². The number of carbonyl (C=O) groups excluding carboxylic acids is 1. The van der Waals surface area contributed by atoms with Crippen LogP contribution in [0.2, 0.25) is 0 Å². The van der Waals surface area contributed by atoms with Gasteiger partial charge >= 0.3 is 0 Å². The summed E-state index contributed by atoms with van der Waals surface area (Å²) >= 11 is 1.31. The fourth-order valence-corrected chi connectivity index (χ4v) is 4.59. The van der Waals surface area contributed by atoms with Crippen molar-refractivity contribution in [3.8, 4) is 11.1 Å². The molecule has 4 aromatic rings. The molecule has 1 amide bonds. The largest absolute Gasteiger partial charge is 0.325 e. The van der Waals surface area contributed by atoms with Crippen LogP contribution in [-0.4, -0.2) is 20.7 Å². The second-order valence-corrected chi connectivity index (χ2v) is 9.69. The van der Waals surface area contributed by atoms with Crippen LogP contribution in [0.3, 0.4) is 0 Å². The van der Waals surface area contributed by atoms with Crippen molar-refractivity contribution in [1.29, 1.82) is 0 Å². The first-order valence-corrected chi connectivity index (χ1v) is 11.9. The van der Waals surface area contributed by atoms with E-state index in [2.05, 4.69) is 19.2 Å². The first-order chi connectivity index (χ1) is 15.9. The highest BCUT2D eigenvalue weighted by atomic mass is 32.2. The average Bonchev–Trinajstić information content (AvgIpc) is 2.82. The topological polar surface area (TPSA) is 64.0 Å². The lowest BCUT2D eigenvalue weighted by atomic mass is 10.0. The van der Waals surface area contributed by atoms with Crippen molar-refractivity contribution >= 4 is 34.3 Å². The molecule has 4 rings (SSSR count). The monoisotopic (exact) mass is 457 g/mol. The molecule has 0 aliphatic rings. The number of carbonyl (C=O) groups is 1. The molecule has 0 fully saturated rings. The zero-order valence-electron chi connectivity index (χ0n) is 19.0. The van der Waals surface area contributed by atoms with Gasteiger partial charge in [-0.15, -0.1) is 0 Å². The highest BCUT2D eigenvalue weighted by molar-refractivity contribution is 8.00. The summed E-state index contributed by atoms with van der Waals surface area (Å²) < 4.78 is 1.69. The fourth-order valence-electron chi connectivity index (χ4n) is 3.67. The van der Waals surface area contributed by atoms with Gasteiger partial charge < -0.3 is 5.32 Å². The molecule has 5 nitrogen and oxygen atoms in total. The maximum absolute atomic E-state index is 13.1. The highest BCUT2D eigenvalue weighted by Gasteiger charge is 2.21. The molecule has 1 N–H and O–H groups in total. The number of hydrogen-bond donors (Lipinski definition) is 1. The molecule has 1 atom stereocenters. The first-order valence-electron chi connectivity index (χ1n) is 11.1. The molecular weight excluding hydrogens is 430 g/mol. The summed E-state index contributed by atoms with van der Waals surface area (Å²) in [5.74, 6) is 0.133. The van der Waals surface area contributed by atoms with Crippen LogP contribution in [-0.2, 0) is 11.3 Å². The minimum absolute atomic E-state index is 0.0705. The van der Waals surface area contributed by atoms with Crippen molar-refractivity contribution in [1.82, 2.24) is 9.55 Å². The van der Waals surface area contributed by atoms with E-state index in [1.807, 2.05) is 79.7 Å². The maximum Gasteiger partial charge on any atom is 0.262 e. The number of para-hydroxylation sites is 2. The fraction of sp³-hybridized carbons (Fsp3) is 0.222. The Labute approximate surface area is 197 Å². The molecule has 1 heterocycles. The number of rotatable bonds is 7. The number of aromatic nitrogens is 2. The summed E-state index contributed by atoms with van der Waals surface area (Å²) in [6, 6.07) is 25.1. The van der Waals surface area contributed by atoms with Crippen LogP contribution in [0, 0.1) is 5.92 Å². The molecule has 0 aliphatic heterocycles. The average molecular weight is 458 g/mol. The number of fused-ring (bicyclic) bond motifs is 1. The van der Waals surface area contributed by atoms with Crippen molar-refractivity contribution in [2.75, 3.05) is 5.32 Å². The van der Waals surface area contributed by atoms with Gasteiger partial charge in [-0.3, -0.25) is 14.2 Å². The normalized spacial score (nSPS) is 12.1. The van der Waals surface area contributed by atoms with E-state index >= 15 is 0 Å². The first kappa shape index (κ1) is 22.8. The second kappa shape index (κ2) is 10.0. The van der Waals surface area contributed by atoms with Crippen LogP contribution in [0.1, 0.15) is 20.8 Å². The van der Waals surface area contributed by atoms with Crippen LogP contribution < -0.4 is 10.9 Å². The van der Waals surface area contributed by atoms with Crippen molar-refractivity contribution in [2.24, 2.45) is 5.92 Å². The van der Waals surface area contributed by atoms with Gasteiger partial charge in [-0.05, 0) is 36.6 Å². The molecule has 0 saturated heterocycles.